The molecule has 0 aliphatic heterocycles. The molecular weight excluding hydrogens is 296 g/mol. The molecule has 0 fully saturated rings. The van der Waals surface area contributed by atoms with Gasteiger partial charge in [0.1, 0.15) is 5.58 Å². The molecular formula is C22H30O2. The molecule has 0 saturated heterocycles. The maximum absolute atomic E-state index is 13.0. The Balaban J connectivity index is 2.66. The van der Waals surface area contributed by atoms with Gasteiger partial charge in [-0.15, -0.1) is 0 Å². The van der Waals surface area contributed by atoms with E-state index in [1.807, 2.05) is 13.0 Å². The molecule has 1 heterocycles. The molecule has 0 N–H and O–H groups in total. The first-order valence-corrected chi connectivity index (χ1v) is 9.14. The van der Waals surface area contributed by atoms with Gasteiger partial charge in [-0.05, 0) is 56.4 Å². The molecule has 1 aromatic heterocycles. The fourth-order valence-electron chi connectivity index (χ4n) is 3.48. The summed E-state index contributed by atoms with van der Waals surface area (Å²) in [7, 11) is 0. The first kappa shape index (κ1) is 18.5. The quantitative estimate of drug-likeness (QED) is 0.519. The van der Waals surface area contributed by atoms with Gasteiger partial charge >= 0.3 is 0 Å². The summed E-state index contributed by atoms with van der Waals surface area (Å²) in [5, 5.41) is 1.06. The number of fused-ring (bicyclic) bond motifs is 1. The Hall–Kier alpha value is -1.83. The summed E-state index contributed by atoms with van der Waals surface area (Å²) in [5.74, 6) is 0.239. The Labute approximate surface area is 145 Å². The van der Waals surface area contributed by atoms with Gasteiger partial charge in [0.15, 0.2) is 5.78 Å². The van der Waals surface area contributed by atoms with Crippen LogP contribution in [-0.4, -0.2) is 5.78 Å². The van der Waals surface area contributed by atoms with Crippen LogP contribution in [0, 0.1) is 19.8 Å². The average Bonchev–Trinajstić information content (AvgIpc) is 3.01. The van der Waals surface area contributed by atoms with Crippen molar-refractivity contribution >= 4 is 22.8 Å². The molecule has 2 nitrogen and oxygen atoms in total. The Morgan fingerprint density at radius 1 is 1.21 bits per heavy atom. The lowest BCUT2D eigenvalue weighted by Crippen LogP contribution is -2.14. The van der Waals surface area contributed by atoms with Gasteiger partial charge in [-0.3, -0.25) is 4.79 Å². The average molecular weight is 326 g/mol. The second-order valence-electron chi connectivity index (χ2n) is 7.00. The van der Waals surface area contributed by atoms with E-state index in [9.17, 15) is 4.79 Å². The highest BCUT2D eigenvalue weighted by molar-refractivity contribution is 6.10. The van der Waals surface area contributed by atoms with E-state index in [2.05, 4.69) is 40.7 Å². The molecule has 0 aliphatic rings. The summed E-state index contributed by atoms with van der Waals surface area (Å²) in [5.41, 5.74) is 6.33. The molecule has 1 atom stereocenters. The van der Waals surface area contributed by atoms with Gasteiger partial charge in [0.25, 0.3) is 0 Å². The van der Waals surface area contributed by atoms with Crippen molar-refractivity contribution in [3.8, 4) is 0 Å². The van der Waals surface area contributed by atoms with Crippen LogP contribution in [0.3, 0.4) is 0 Å². The summed E-state index contributed by atoms with van der Waals surface area (Å²) in [6, 6.07) is 1.99. The Bertz CT molecular complexity index is 762. The molecule has 0 bridgehead atoms. The van der Waals surface area contributed by atoms with Crippen LogP contribution in [-0.2, 0) is 0 Å². The van der Waals surface area contributed by atoms with Gasteiger partial charge in [-0.2, -0.15) is 0 Å². The largest absolute Gasteiger partial charge is 0.464 e. The maximum atomic E-state index is 13.0. The van der Waals surface area contributed by atoms with E-state index in [1.165, 1.54) is 16.7 Å². The van der Waals surface area contributed by atoms with Crippen molar-refractivity contribution in [2.75, 3.05) is 0 Å². The zero-order valence-electron chi connectivity index (χ0n) is 16.0. The topological polar surface area (TPSA) is 30.2 Å². The molecule has 24 heavy (non-hydrogen) atoms. The molecule has 0 spiro atoms. The first-order valence-electron chi connectivity index (χ1n) is 9.14. The van der Waals surface area contributed by atoms with E-state index in [0.717, 1.165) is 47.8 Å². The minimum absolute atomic E-state index is 0.0321. The number of hydrogen-bond acceptors (Lipinski definition) is 2. The van der Waals surface area contributed by atoms with Crippen molar-refractivity contribution in [2.24, 2.45) is 5.92 Å². The molecule has 2 rings (SSSR count). The number of Topliss-reactive ketones (excluding diaryl/α,β-unsaturated/α-hetero) is 1. The van der Waals surface area contributed by atoms with E-state index < -0.39 is 0 Å². The number of rotatable bonds is 7. The number of benzene rings is 1. The molecule has 0 aliphatic carbocycles. The number of hydrogen-bond donors (Lipinski definition) is 0. The third-order valence-electron chi connectivity index (χ3n) is 4.97. The van der Waals surface area contributed by atoms with Crippen molar-refractivity contribution in [1.29, 1.82) is 0 Å². The van der Waals surface area contributed by atoms with Crippen molar-refractivity contribution < 1.29 is 9.21 Å². The van der Waals surface area contributed by atoms with Crippen LogP contribution in [0.2, 0.25) is 0 Å². The Kier molecular flexibility index (Phi) is 6.04. The number of carbonyl (C=O) groups is 1. The summed E-state index contributed by atoms with van der Waals surface area (Å²) in [6.45, 7) is 12.7. The van der Waals surface area contributed by atoms with Crippen LogP contribution in [0.5, 0.6) is 0 Å². The standard InChI is InChI=1S/C22H30O2/c1-7-9-14(3)13-19-16(5)17(6)20(21(23)15(4)10-8-2)22-18(19)11-12-24-22/h11-13,15H,7-10H2,1-6H3/b14-13+. The molecule has 2 heteroatoms. The second kappa shape index (κ2) is 7.83. The van der Waals surface area contributed by atoms with Crippen LogP contribution < -0.4 is 0 Å². The van der Waals surface area contributed by atoms with Gasteiger partial charge in [0, 0.05) is 11.3 Å². The zero-order chi connectivity index (χ0) is 17.9. The highest BCUT2D eigenvalue weighted by Crippen LogP contribution is 2.34. The van der Waals surface area contributed by atoms with Gasteiger partial charge < -0.3 is 4.42 Å². The van der Waals surface area contributed by atoms with Crippen molar-refractivity contribution in [3.05, 3.63) is 40.2 Å². The van der Waals surface area contributed by atoms with Crippen molar-refractivity contribution in [1.82, 2.24) is 0 Å². The number of ketones is 1. The summed E-state index contributed by atoms with van der Waals surface area (Å²) in [4.78, 5) is 13.0. The van der Waals surface area contributed by atoms with Gasteiger partial charge in [-0.1, -0.05) is 45.3 Å². The van der Waals surface area contributed by atoms with Crippen LogP contribution in [0.4, 0.5) is 0 Å². The molecule has 1 unspecified atom stereocenters. The number of furan rings is 1. The first-order chi connectivity index (χ1) is 11.4. The monoisotopic (exact) mass is 326 g/mol. The highest BCUT2D eigenvalue weighted by atomic mass is 16.3. The summed E-state index contributed by atoms with van der Waals surface area (Å²) >= 11 is 0. The molecule has 1 aromatic carbocycles. The highest BCUT2D eigenvalue weighted by Gasteiger charge is 2.24. The van der Waals surface area contributed by atoms with Crippen LogP contribution in [0.15, 0.2) is 22.3 Å². The van der Waals surface area contributed by atoms with Crippen LogP contribution in [0.25, 0.3) is 17.0 Å². The van der Waals surface area contributed by atoms with Crippen LogP contribution in [0.1, 0.15) is 80.4 Å². The summed E-state index contributed by atoms with van der Waals surface area (Å²) in [6.07, 6.45) is 8.12. The lowest BCUT2D eigenvalue weighted by Gasteiger charge is -2.16. The second-order valence-corrected chi connectivity index (χ2v) is 7.00. The predicted octanol–water partition coefficient (Wildman–Crippen LogP) is 6.87. The smallest absolute Gasteiger partial charge is 0.169 e. The fourth-order valence-corrected chi connectivity index (χ4v) is 3.48. The van der Waals surface area contributed by atoms with E-state index in [1.54, 1.807) is 6.26 Å². The lowest BCUT2D eigenvalue weighted by atomic mass is 9.87. The summed E-state index contributed by atoms with van der Waals surface area (Å²) < 4.78 is 5.77. The molecule has 130 valence electrons. The molecule has 0 radical (unpaired) electrons. The molecule has 2 aromatic rings. The van der Waals surface area contributed by atoms with E-state index >= 15 is 0 Å². The minimum atomic E-state index is 0.0321. The third kappa shape index (κ3) is 3.48. The van der Waals surface area contributed by atoms with E-state index in [4.69, 9.17) is 4.42 Å². The molecule has 0 saturated carbocycles. The van der Waals surface area contributed by atoms with E-state index in [0.29, 0.717) is 0 Å². The zero-order valence-corrected chi connectivity index (χ0v) is 16.0. The van der Waals surface area contributed by atoms with Crippen molar-refractivity contribution in [2.45, 2.75) is 67.2 Å². The van der Waals surface area contributed by atoms with Gasteiger partial charge in [0.05, 0.1) is 11.8 Å². The van der Waals surface area contributed by atoms with Gasteiger partial charge in [0.2, 0.25) is 0 Å². The van der Waals surface area contributed by atoms with Crippen LogP contribution >= 0.6 is 0 Å². The lowest BCUT2D eigenvalue weighted by molar-refractivity contribution is 0.0923. The Morgan fingerprint density at radius 2 is 1.92 bits per heavy atom. The normalized spacial score (nSPS) is 13.5. The fraction of sp³-hybridized carbons (Fsp3) is 0.500. The third-order valence-corrected chi connectivity index (χ3v) is 4.97. The number of allylic oxidation sites excluding steroid dienone is 1. The molecule has 0 amide bonds. The Morgan fingerprint density at radius 3 is 2.54 bits per heavy atom. The minimum Gasteiger partial charge on any atom is -0.464 e. The SMILES string of the molecule is CCC/C(C)=C/c1c(C)c(C)c(C(=O)C(C)CCC)c2occc12. The van der Waals surface area contributed by atoms with E-state index in [-0.39, 0.29) is 11.7 Å². The maximum Gasteiger partial charge on any atom is 0.169 e. The van der Waals surface area contributed by atoms with Gasteiger partial charge in [-0.25, -0.2) is 0 Å². The number of carbonyl (C=O) groups excluding carboxylic acids is 1. The van der Waals surface area contributed by atoms with Crippen molar-refractivity contribution in [3.63, 3.8) is 0 Å². The predicted molar refractivity (Wildman–Crippen MR) is 103 cm³/mol.